The number of rotatable bonds is 6. The molecule has 0 spiro atoms. The van der Waals surface area contributed by atoms with Crippen molar-refractivity contribution in [1.29, 1.82) is 0 Å². The number of carbonyl (C=O) groups is 3. The summed E-state index contributed by atoms with van der Waals surface area (Å²) < 4.78 is 10.4. The summed E-state index contributed by atoms with van der Waals surface area (Å²) in [5, 5.41) is 2.69. The summed E-state index contributed by atoms with van der Waals surface area (Å²) in [6, 6.07) is 9.53. The van der Waals surface area contributed by atoms with Crippen LogP contribution in [0.25, 0.3) is 0 Å². The van der Waals surface area contributed by atoms with Crippen molar-refractivity contribution in [3.05, 3.63) is 35.9 Å². The summed E-state index contributed by atoms with van der Waals surface area (Å²) in [7, 11) is 0. The summed E-state index contributed by atoms with van der Waals surface area (Å²) in [4.78, 5) is 34.6. The Morgan fingerprint density at radius 2 is 1.96 bits per heavy atom. The molecule has 130 valence electrons. The van der Waals surface area contributed by atoms with Gasteiger partial charge < -0.3 is 14.8 Å². The first kappa shape index (κ1) is 18.0. The number of carbonyl (C=O) groups excluding carboxylic acids is 3. The van der Waals surface area contributed by atoms with Crippen molar-refractivity contribution in [3.8, 4) is 0 Å². The van der Waals surface area contributed by atoms with Crippen molar-refractivity contribution in [2.45, 2.75) is 57.8 Å². The van der Waals surface area contributed by atoms with Crippen molar-refractivity contribution in [1.82, 2.24) is 5.32 Å². The Bertz CT molecular complexity index is 586. The summed E-state index contributed by atoms with van der Waals surface area (Å²) in [5.74, 6) is -1.44. The molecule has 0 bridgehead atoms. The van der Waals surface area contributed by atoms with Crippen LogP contribution in [-0.4, -0.2) is 36.1 Å². The molecular formula is C18H23NO5. The molecule has 1 fully saturated rings. The second-order valence-electron chi connectivity index (χ2n) is 6.01. The minimum atomic E-state index is -1.07. The monoisotopic (exact) mass is 333 g/mol. The summed E-state index contributed by atoms with van der Waals surface area (Å²) in [6.07, 6.45) is 1.54. The molecule has 1 saturated heterocycles. The minimum absolute atomic E-state index is 0.269. The van der Waals surface area contributed by atoms with Crippen LogP contribution in [0.2, 0.25) is 0 Å². The van der Waals surface area contributed by atoms with E-state index in [-0.39, 0.29) is 12.0 Å². The molecule has 24 heavy (non-hydrogen) atoms. The Morgan fingerprint density at radius 3 is 2.58 bits per heavy atom. The molecule has 1 aromatic carbocycles. The second kappa shape index (κ2) is 8.47. The van der Waals surface area contributed by atoms with Gasteiger partial charge in [0, 0.05) is 20.3 Å². The third-order valence-corrected chi connectivity index (χ3v) is 3.91. The van der Waals surface area contributed by atoms with Crippen LogP contribution < -0.4 is 5.32 Å². The zero-order chi connectivity index (χ0) is 17.5. The van der Waals surface area contributed by atoms with Gasteiger partial charge in [-0.3, -0.25) is 9.59 Å². The SMILES string of the molecule is CC(=O)N[C@@H]1C[C@H](CCCc2ccccc2)OC(=O)[C@H]1OC(C)=O. The molecule has 1 N–H and O–H groups in total. The molecule has 1 heterocycles. The molecule has 0 unspecified atom stereocenters. The van der Waals surface area contributed by atoms with Gasteiger partial charge in [0.2, 0.25) is 12.0 Å². The number of hydrogen-bond acceptors (Lipinski definition) is 5. The van der Waals surface area contributed by atoms with Crippen molar-refractivity contribution in [2.24, 2.45) is 0 Å². The summed E-state index contributed by atoms with van der Waals surface area (Å²) >= 11 is 0. The van der Waals surface area contributed by atoms with E-state index in [2.05, 4.69) is 17.4 Å². The standard InChI is InChI=1S/C18H23NO5/c1-12(20)19-16-11-15(24-18(22)17(16)23-13(2)21)10-6-9-14-7-4-3-5-8-14/h3-5,7-8,15-17H,6,9-11H2,1-2H3,(H,19,20)/t15-,16+,17-/m0/s1. The first-order chi connectivity index (χ1) is 11.5. The van der Waals surface area contributed by atoms with Crippen LogP contribution in [0.5, 0.6) is 0 Å². The molecule has 0 radical (unpaired) electrons. The predicted molar refractivity (Wildman–Crippen MR) is 87.0 cm³/mol. The average molecular weight is 333 g/mol. The molecule has 2 rings (SSSR count). The maximum atomic E-state index is 12.1. The van der Waals surface area contributed by atoms with Gasteiger partial charge in [-0.15, -0.1) is 0 Å². The zero-order valence-corrected chi connectivity index (χ0v) is 14.0. The number of ether oxygens (including phenoxy) is 2. The molecule has 0 saturated carbocycles. The Morgan fingerprint density at radius 1 is 1.25 bits per heavy atom. The van der Waals surface area contributed by atoms with Gasteiger partial charge in [0.05, 0.1) is 6.04 Å². The zero-order valence-electron chi connectivity index (χ0n) is 14.0. The van der Waals surface area contributed by atoms with Crippen LogP contribution in [-0.2, 0) is 30.3 Å². The van der Waals surface area contributed by atoms with Gasteiger partial charge in [-0.05, 0) is 24.8 Å². The van der Waals surface area contributed by atoms with Crippen LogP contribution >= 0.6 is 0 Å². The number of aryl methyl sites for hydroxylation is 1. The number of hydrogen-bond donors (Lipinski definition) is 1. The number of cyclic esters (lactones) is 1. The molecule has 1 amide bonds. The fraction of sp³-hybridized carbons (Fsp3) is 0.500. The van der Waals surface area contributed by atoms with Crippen LogP contribution in [0.3, 0.4) is 0 Å². The van der Waals surface area contributed by atoms with Crippen molar-refractivity contribution in [2.75, 3.05) is 0 Å². The summed E-state index contributed by atoms with van der Waals surface area (Å²) in [5.41, 5.74) is 1.23. The van der Waals surface area contributed by atoms with Crippen molar-refractivity contribution in [3.63, 3.8) is 0 Å². The third-order valence-electron chi connectivity index (χ3n) is 3.91. The normalized spacial score (nSPS) is 23.2. The Kier molecular flexibility index (Phi) is 6.35. The van der Waals surface area contributed by atoms with E-state index in [1.54, 1.807) is 0 Å². The largest absolute Gasteiger partial charge is 0.459 e. The first-order valence-electron chi connectivity index (χ1n) is 8.14. The minimum Gasteiger partial charge on any atom is -0.459 e. The lowest BCUT2D eigenvalue weighted by molar-refractivity contribution is -0.181. The van der Waals surface area contributed by atoms with E-state index >= 15 is 0 Å². The molecule has 1 aliphatic rings. The number of nitrogens with one attached hydrogen (secondary N) is 1. The molecule has 0 aromatic heterocycles. The van der Waals surface area contributed by atoms with Crippen molar-refractivity contribution >= 4 is 17.8 Å². The van der Waals surface area contributed by atoms with E-state index in [9.17, 15) is 14.4 Å². The van der Waals surface area contributed by atoms with E-state index in [0.717, 1.165) is 12.8 Å². The molecule has 6 heteroatoms. The van der Waals surface area contributed by atoms with Crippen molar-refractivity contribution < 1.29 is 23.9 Å². The average Bonchev–Trinajstić information content (AvgIpc) is 2.51. The molecular weight excluding hydrogens is 310 g/mol. The van der Waals surface area contributed by atoms with E-state index < -0.39 is 24.1 Å². The van der Waals surface area contributed by atoms with Crippen LogP contribution in [0.4, 0.5) is 0 Å². The number of benzene rings is 1. The number of amides is 1. The highest BCUT2D eigenvalue weighted by Crippen LogP contribution is 2.22. The van der Waals surface area contributed by atoms with Crippen LogP contribution in [0, 0.1) is 0 Å². The highest BCUT2D eigenvalue weighted by Gasteiger charge is 2.41. The van der Waals surface area contributed by atoms with Crippen LogP contribution in [0.15, 0.2) is 30.3 Å². The lowest BCUT2D eigenvalue weighted by Gasteiger charge is -2.34. The first-order valence-corrected chi connectivity index (χ1v) is 8.14. The lowest BCUT2D eigenvalue weighted by Crippen LogP contribution is -2.55. The highest BCUT2D eigenvalue weighted by molar-refractivity contribution is 5.82. The van der Waals surface area contributed by atoms with E-state index in [0.29, 0.717) is 12.8 Å². The molecule has 1 aromatic rings. The smallest absolute Gasteiger partial charge is 0.349 e. The fourth-order valence-electron chi connectivity index (χ4n) is 2.91. The van der Waals surface area contributed by atoms with E-state index in [1.807, 2.05) is 18.2 Å². The van der Waals surface area contributed by atoms with Gasteiger partial charge in [0.1, 0.15) is 6.10 Å². The second-order valence-corrected chi connectivity index (χ2v) is 6.01. The van der Waals surface area contributed by atoms with Gasteiger partial charge in [-0.2, -0.15) is 0 Å². The quantitative estimate of drug-likeness (QED) is 0.802. The molecule has 1 aliphatic heterocycles. The molecule has 6 nitrogen and oxygen atoms in total. The van der Waals surface area contributed by atoms with Gasteiger partial charge in [0.25, 0.3) is 0 Å². The Hall–Kier alpha value is -2.37. The topological polar surface area (TPSA) is 81.7 Å². The maximum absolute atomic E-state index is 12.1. The van der Waals surface area contributed by atoms with E-state index in [4.69, 9.17) is 9.47 Å². The fourth-order valence-corrected chi connectivity index (χ4v) is 2.91. The Labute approximate surface area is 141 Å². The molecule has 0 aliphatic carbocycles. The maximum Gasteiger partial charge on any atom is 0.349 e. The van der Waals surface area contributed by atoms with Gasteiger partial charge in [-0.25, -0.2) is 4.79 Å². The predicted octanol–water partition coefficient (Wildman–Crippen LogP) is 1.76. The third kappa shape index (κ3) is 5.37. The highest BCUT2D eigenvalue weighted by atomic mass is 16.6. The van der Waals surface area contributed by atoms with Gasteiger partial charge in [-0.1, -0.05) is 30.3 Å². The number of esters is 2. The van der Waals surface area contributed by atoms with Gasteiger partial charge >= 0.3 is 11.9 Å². The van der Waals surface area contributed by atoms with Crippen LogP contribution in [0.1, 0.15) is 38.7 Å². The molecule has 3 atom stereocenters. The lowest BCUT2D eigenvalue weighted by atomic mass is 9.95. The Balaban J connectivity index is 1.91. The van der Waals surface area contributed by atoms with Gasteiger partial charge in [0.15, 0.2) is 0 Å². The summed E-state index contributed by atoms with van der Waals surface area (Å²) in [6.45, 7) is 2.60. The van der Waals surface area contributed by atoms with E-state index in [1.165, 1.54) is 19.4 Å².